The molecule has 7 nitrogen and oxygen atoms in total. The van der Waals surface area contributed by atoms with Gasteiger partial charge in [-0.05, 0) is 60.0 Å². The molecule has 0 saturated heterocycles. The Kier molecular flexibility index (Phi) is 4.54. The van der Waals surface area contributed by atoms with Crippen LogP contribution in [0.3, 0.4) is 0 Å². The molecule has 26 heavy (non-hydrogen) atoms. The first-order valence-electron chi connectivity index (χ1n) is 8.17. The van der Waals surface area contributed by atoms with Crippen molar-refractivity contribution in [3.8, 4) is 11.5 Å². The van der Waals surface area contributed by atoms with Crippen LogP contribution < -0.4 is 5.32 Å². The predicted octanol–water partition coefficient (Wildman–Crippen LogP) is 4.24. The lowest BCUT2D eigenvalue weighted by Gasteiger charge is -2.08. The minimum Gasteiger partial charge on any atom is -0.341 e. The molecule has 1 aliphatic carbocycles. The molecule has 1 atom stereocenters. The number of carbonyl (C=O) groups excluding carboxylic acids is 1. The summed E-state index contributed by atoms with van der Waals surface area (Å²) in [5, 5.41) is 14.5. The first-order chi connectivity index (χ1) is 12.5. The molecule has 0 radical (unpaired) electrons. The van der Waals surface area contributed by atoms with E-state index >= 15 is 0 Å². The van der Waals surface area contributed by atoms with Crippen molar-refractivity contribution >= 4 is 33.4 Å². The number of aromatic nitrogens is 4. The number of halogens is 2. The van der Waals surface area contributed by atoms with Crippen molar-refractivity contribution in [3.63, 3.8) is 0 Å². The Hall–Kier alpha value is -2.19. The number of carbonyl (C=O) groups is 1. The SMILES string of the molecule is CC(NC(=O)c1n[nH]c(C2CC2)c1Br)c1noc(-c2ccc(Cl)cc2)n1. The zero-order valence-corrected chi connectivity index (χ0v) is 16.1. The molecule has 1 fully saturated rings. The van der Waals surface area contributed by atoms with E-state index in [1.807, 2.05) is 0 Å². The van der Waals surface area contributed by atoms with Crippen molar-refractivity contribution in [3.05, 3.63) is 51.0 Å². The lowest BCUT2D eigenvalue weighted by Crippen LogP contribution is -2.28. The summed E-state index contributed by atoms with van der Waals surface area (Å²) in [5.74, 6) is 0.924. The fourth-order valence-electron chi connectivity index (χ4n) is 2.58. The van der Waals surface area contributed by atoms with Crippen LogP contribution >= 0.6 is 27.5 Å². The second-order valence-corrected chi connectivity index (χ2v) is 7.46. The van der Waals surface area contributed by atoms with Gasteiger partial charge in [-0.25, -0.2) is 0 Å². The summed E-state index contributed by atoms with van der Waals surface area (Å²) in [6.45, 7) is 1.79. The molecule has 4 rings (SSSR count). The van der Waals surface area contributed by atoms with Gasteiger partial charge in [-0.1, -0.05) is 16.8 Å². The van der Waals surface area contributed by atoms with E-state index in [1.54, 1.807) is 31.2 Å². The maximum absolute atomic E-state index is 12.5. The van der Waals surface area contributed by atoms with Gasteiger partial charge in [0.05, 0.1) is 16.2 Å². The molecule has 0 aliphatic heterocycles. The van der Waals surface area contributed by atoms with Crippen LogP contribution in [0, 0.1) is 0 Å². The number of H-pyrrole nitrogens is 1. The van der Waals surface area contributed by atoms with Crippen molar-refractivity contribution < 1.29 is 9.32 Å². The largest absolute Gasteiger partial charge is 0.341 e. The predicted molar refractivity (Wildman–Crippen MR) is 98.9 cm³/mol. The highest BCUT2D eigenvalue weighted by Crippen LogP contribution is 2.42. The molecule has 2 aromatic heterocycles. The fraction of sp³-hybridized carbons (Fsp3) is 0.294. The van der Waals surface area contributed by atoms with Crippen LogP contribution in [0.5, 0.6) is 0 Å². The number of rotatable bonds is 5. The smallest absolute Gasteiger partial charge is 0.273 e. The number of aromatic amines is 1. The normalized spacial score (nSPS) is 15.0. The van der Waals surface area contributed by atoms with E-state index in [9.17, 15) is 4.79 Å². The highest BCUT2D eigenvalue weighted by molar-refractivity contribution is 9.10. The maximum atomic E-state index is 12.5. The average molecular weight is 437 g/mol. The molecule has 1 aromatic carbocycles. The van der Waals surface area contributed by atoms with Crippen LogP contribution in [0.15, 0.2) is 33.3 Å². The number of nitrogens with one attached hydrogen (secondary N) is 2. The van der Waals surface area contributed by atoms with E-state index in [1.165, 1.54) is 0 Å². The van der Waals surface area contributed by atoms with E-state index in [-0.39, 0.29) is 5.91 Å². The molecule has 2 heterocycles. The highest BCUT2D eigenvalue weighted by atomic mass is 79.9. The van der Waals surface area contributed by atoms with E-state index in [2.05, 4.69) is 41.6 Å². The Morgan fingerprint density at radius 3 is 2.81 bits per heavy atom. The molecule has 1 aliphatic rings. The van der Waals surface area contributed by atoms with Gasteiger partial charge in [0.15, 0.2) is 11.5 Å². The number of nitrogens with zero attached hydrogens (tertiary/aromatic N) is 3. The number of benzene rings is 1. The second kappa shape index (κ2) is 6.85. The van der Waals surface area contributed by atoms with Crippen LogP contribution in [0.2, 0.25) is 5.02 Å². The standard InChI is InChI=1S/C17H15BrClN5O2/c1-8(15-21-17(26-24-15)10-4-6-11(19)7-5-10)20-16(25)14-12(18)13(22-23-14)9-2-3-9/h4-9H,2-3H2,1H3,(H,20,25)(H,22,23). The minimum atomic E-state index is -0.430. The zero-order valence-electron chi connectivity index (χ0n) is 13.8. The lowest BCUT2D eigenvalue weighted by atomic mass is 10.2. The molecule has 0 bridgehead atoms. The zero-order chi connectivity index (χ0) is 18.3. The Morgan fingerprint density at radius 1 is 1.38 bits per heavy atom. The summed E-state index contributed by atoms with van der Waals surface area (Å²) in [6, 6.07) is 6.66. The van der Waals surface area contributed by atoms with Crippen LogP contribution in [0.1, 0.15) is 53.7 Å². The van der Waals surface area contributed by atoms with E-state index in [0.29, 0.717) is 28.3 Å². The first-order valence-corrected chi connectivity index (χ1v) is 9.34. The van der Waals surface area contributed by atoms with Crippen LogP contribution in [-0.4, -0.2) is 26.2 Å². The monoisotopic (exact) mass is 435 g/mol. The van der Waals surface area contributed by atoms with Crippen LogP contribution in [0.25, 0.3) is 11.5 Å². The molecular weight excluding hydrogens is 422 g/mol. The minimum absolute atomic E-state index is 0.301. The van der Waals surface area contributed by atoms with Gasteiger partial charge in [-0.15, -0.1) is 0 Å². The third-order valence-corrected chi connectivity index (χ3v) is 5.26. The molecule has 9 heteroatoms. The van der Waals surface area contributed by atoms with Crippen molar-refractivity contribution in [1.82, 2.24) is 25.7 Å². The summed E-state index contributed by atoms with van der Waals surface area (Å²) in [7, 11) is 0. The van der Waals surface area contributed by atoms with Gasteiger partial charge in [0.25, 0.3) is 11.8 Å². The molecular formula is C17H15BrClN5O2. The molecule has 1 unspecified atom stereocenters. The fourth-order valence-corrected chi connectivity index (χ4v) is 3.39. The summed E-state index contributed by atoms with van der Waals surface area (Å²) < 4.78 is 6.00. The lowest BCUT2D eigenvalue weighted by molar-refractivity contribution is 0.0932. The first kappa shape index (κ1) is 17.2. The topological polar surface area (TPSA) is 96.7 Å². The number of hydrogen-bond acceptors (Lipinski definition) is 5. The summed E-state index contributed by atoms with van der Waals surface area (Å²) in [4.78, 5) is 16.8. The molecule has 1 amide bonds. The van der Waals surface area contributed by atoms with Gasteiger partial charge in [-0.3, -0.25) is 9.89 Å². The van der Waals surface area contributed by atoms with E-state index in [4.69, 9.17) is 16.1 Å². The van der Waals surface area contributed by atoms with Gasteiger partial charge in [0.1, 0.15) is 0 Å². The van der Waals surface area contributed by atoms with Gasteiger partial charge in [-0.2, -0.15) is 10.1 Å². The molecule has 1 saturated carbocycles. The Morgan fingerprint density at radius 2 is 2.12 bits per heavy atom. The van der Waals surface area contributed by atoms with Crippen molar-refractivity contribution in [2.75, 3.05) is 0 Å². The van der Waals surface area contributed by atoms with E-state index < -0.39 is 6.04 Å². The Labute approximate surface area is 162 Å². The van der Waals surface area contributed by atoms with Gasteiger partial charge >= 0.3 is 0 Å². The molecule has 0 spiro atoms. The number of hydrogen-bond donors (Lipinski definition) is 2. The van der Waals surface area contributed by atoms with Gasteiger partial charge < -0.3 is 9.84 Å². The van der Waals surface area contributed by atoms with Crippen LogP contribution in [0.4, 0.5) is 0 Å². The maximum Gasteiger partial charge on any atom is 0.273 e. The van der Waals surface area contributed by atoms with Crippen molar-refractivity contribution in [2.24, 2.45) is 0 Å². The molecule has 2 N–H and O–H groups in total. The average Bonchev–Trinajstić information content (AvgIpc) is 3.20. The van der Waals surface area contributed by atoms with Gasteiger partial charge in [0.2, 0.25) is 0 Å². The molecule has 3 aromatic rings. The number of amides is 1. The van der Waals surface area contributed by atoms with E-state index in [0.717, 1.165) is 28.6 Å². The third kappa shape index (κ3) is 3.39. The third-order valence-electron chi connectivity index (χ3n) is 4.20. The summed E-state index contributed by atoms with van der Waals surface area (Å²) in [6.07, 6.45) is 2.24. The quantitative estimate of drug-likeness (QED) is 0.623. The van der Waals surface area contributed by atoms with Crippen LogP contribution in [-0.2, 0) is 0 Å². The Bertz CT molecular complexity index is 948. The van der Waals surface area contributed by atoms with Crippen molar-refractivity contribution in [2.45, 2.75) is 31.7 Å². The highest BCUT2D eigenvalue weighted by Gasteiger charge is 2.31. The van der Waals surface area contributed by atoms with Crippen molar-refractivity contribution in [1.29, 1.82) is 0 Å². The molecule has 134 valence electrons. The Balaban J connectivity index is 1.47. The second-order valence-electron chi connectivity index (χ2n) is 6.23. The summed E-state index contributed by atoms with van der Waals surface area (Å²) in [5.41, 5.74) is 2.07. The summed E-state index contributed by atoms with van der Waals surface area (Å²) >= 11 is 9.35. The van der Waals surface area contributed by atoms with Gasteiger partial charge in [0, 0.05) is 16.5 Å².